The van der Waals surface area contributed by atoms with Crippen molar-refractivity contribution in [2.45, 2.75) is 58.0 Å². The summed E-state index contributed by atoms with van der Waals surface area (Å²) in [5.41, 5.74) is 4.65. The van der Waals surface area contributed by atoms with Crippen molar-refractivity contribution >= 4 is 11.6 Å². The molecule has 1 aliphatic carbocycles. The summed E-state index contributed by atoms with van der Waals surface area (Å²) in [7, 11) is 0. The molecule has 31 heavy (non-hydrogen) atoms. The van der Waals surface area contributed by atoms with Crippen molar-refractivity contribution in [1.29, 1.82) is 0 Å². The van der Waals surface area contributed by atoms with Gasteiger partial charge in [0.1, 0.15) is 18.2 Å². The van der Waals surface area contributed by atoms with E-state index in [2.05, 4.69) is 47.5 Å². The Bertz CT molecular complexity index is 939. The van der Waals surface area contributed by atoms with Crippen LogP contribution in [0.25, 0.3) is 0 Å². The van der Waals surface area contributed by atoms with Crippen LogP contribution >= 0.6 is 0 Å². The van der Waals surface area contributed by atoms with E-state index in [0.29, 0.717) is 31.9 Å². The Morgan fingerprint density at radius 3 is 2.81 bits per heavy atom. The fraction of sp³-hybridized carbons (Fsp3) is 0.423. The van der Waals surface area contributed by atoms with Crippen LogP contribution in [0, 0.1) is 12.7 Å². The molecule has 1 amide bonds. The molecule has 0 unspecified atom stereocenters. The van der Waals surface area contributed by atoms with Gasteiger partial charge in [-0.15, -0.1) is 0 Å². The molecule has 0 saturated heterocycles. The van der Waals surface area contributed by atoms with E-state index in [0.717, 1.165) is 30.5 Å². The molecule has 0 spiro atoms. The van der Waals surface area contributed by atoms with E-state index in [1.54, 1.807) is 6.07 Å². The van der Waals surface area contributed by atoms with Gasteiger partial charge in [0.05, 0.1) is 18.2 Å². The number of ether oxygens (including phenoxy) is 1. The minimum atomic E-state index is -0.317. The summed E-state index contributed by atoms with van der Waals surface area (Å²) in [6, 6.07) is 12.9. The zero-order valence-corrected chi connectivity index (χ0v) is 18.2. The Morgan fingerprint density at radius 2 is 2.03 bits per heavy atom. The van der Waals surface area contributed by atoms with Gasteiger partial charge in [0.2, 0.25) is 5.91 Å². The van der Waals surface area contributed by atoms with Gasteiger partial charge >= 0.3 is 0 Å². The number of allylic oxidation sites excluding steroid dienone is 1. The normalized spacial score (nSPS) is 18.1. The Balaban J connectivity index is 1.43. The lowest BCUT2D eigenvalue weighted by molar-refractivity contribution is -0.121. The number of fused-ring (bicyclic) bond motifs is 1. The molecule has 0 bridgehead atoms. The zero-order valence-electron chi connectivity index (χ0n) is 18.2. The summed E-state index contributed by atoms with van der Waals surface area (Å²) in [6.07, 6.45) is 8.46. The van der Waals surface area contributed by atoms with Gasteiger partial charge in [0, 0.05) is 19.2 Å². The third kappa shape index (κ3) is 5.66. The van der Waals surface area contributed by atoms with Gasteiger partial charge in [0.15, 0.2) is 0 Å². The van der Waals surface area contributed by atoms with Gasteiger partial charge in [-0.3, -0.25) is 4.79 Å². The Hall–Kier alpha value is -2.82. The third-order valence-corrected chi connectivity index (χ3v) is 6.15. The van der Waals surface area contributed by atoms with Crippen molar-refractivity contribution in [2.24, 2.45) is 0 Å². The van der Waals surface area contributed by atoms with Crippen LogP contribution in [-0.2, 0) is 11.3 Å². The molecule has 2 aliphatic rings. The molecule has 1 N–H and O–H groups in total. The zero-order chi connectivity index (χ0) is 21.6. The monoisotopic (exact) mass is 422 g/mol. The summed E-state index contributed by atoms with van der Waals surface area (Å²) in [6.45, 7) is 3.75. The lowest BCUT2D eigenvalue weighted by atomic mass is 9.97. The third-order valence-electron chi connectivity index (χ3n) is 6.15. The number of nitrogens with one attached hydrogen (secondary N) is 1. The molecule has 0 aromatic heterocycles. The fourth-order valence-corrected chi connectivity index (χ4v) is 4.37. The first kappa shape index (κ1) is 21.4. The van der Waals surface area contributed by atoms with E-state index in [-0.39, 0.29) is 17.8 Å². The van der Waals surface area contributed by atoms with Crippen LogP contribution < -0.4 is 15.0 Å². The summed E-state index contributed by atoms with van der Waals surface area (Å²) in [4.78, 5) is 14.9. The van der Waals surface area contributed by atoms with Gasteiger partial charge in [-0.2, -0.15) is 0 Å². The minimum Gasteiger partial charge on any atom is -0.489 e. The number of carbonyl (C=O) groups is 1. The molecule has 1 atom stereocenters. The predicted octanol–water partition coefficient (Wildman–Crippen LogP) is 5.30. The molecular weight excluding hydrogens is 391 g/mol. The second-order valence-corrected chi connectivity index (χ2v) is 8.60. The molecular formula is C26H31FN2O2. The highest BCUT2D eigenvalue weighted by atomic mass is 19.1. The molecule has 1 aliphatic heterocycles. The molecule has 2 aromatic carbocycles. The predicted molar refractivity (Wildman–Crippen MR) is 122 cm³/mol. The van der Waals surface area contributed by atoms with E-state index in [1.807, 2.05) is 0 Å². The lowest BCUT2D eigenvalue weighted by Crippen LogP contribution is -2.45. The number of halogens is 1. The summed E-state index contributed by atoms with van der Waals surface area (Å²) >= 11 is 0. The smallest absolute Gasteiger partial charge is 0.222 e. The van der Waals surface area contributed by atoms with Crippen LogP contribution in [0.1, 0.15) is 49.7 Å². The highest BCUT2D eigenvalue weighted by Gasteiger charge is 2.29. The topological polar surface area (TPSA) is 41.6 Å². The largest absolute Gasteiger partial charge is 0.489 e. The van der Waals surface area contributed by atoms with Crippen LogP contribution in [0.4, 0.5) is 10.1 Å². The van der Waals surface area contributed by atoms with Gasteiger partial charge < -0.3 is 15.0 Å². The van der Waals surface area contributed by atoms with Crippen LogP contribution in [0.3, 0.4) is 0 Å². The van der Waals surface area contributed by atoms with E-state index >= 15 is 0 Å². The van der Waals surface area contributed by atoms with Crippen molar-refractivity contribution in [3.05, 3.63) is 71.1 Å². The van der Waals surface area contributed by atoms with E-state index < -0.39 is 0 Å². The van der Waals surface area contributed by atoms with Crippen molar-refractivity contribution in [3.63, 3.8) is 0 Å². The second kappa shape index (κ2) is 9.99. The lowest BCUT2D eigenvalue weighted by Gasteiger charge is -2.38. The summed E-state index contributed by atoms with van der Waals surface area (Å²) in [5, 5.41) is 3.08. The maximum absolute atomic E-state index is 13.7. The van der Waals surface area contributed by atoms with Crippen molar-refractivity contribution < 1.29 is 13.9 Å². The van der Waals surface area contributed by atoms with Crippen LogP contribution in [0.5, 0.6) is 5.75 Å². The van der Waals surface area contributed by atoms with Crippen LogP contribution in [-0.4, -0.2) is 25.1 Å². The maximum atomic E-state index is 13.7. The van der Waals surface area contributed by atoms with Crippen LogP contribution in [0.15, 0.2) is 54.1 Å². The minimum absolute atomic E-state index is 0.0319. The number of hydrogen-bond donors (Lipinski definition) is 1. The SMILES string of the molecule is Cc1ccc(CN2c3ccc(F)cc3OC[C@@H]2CC(=O)NCCC2=CCCCC2)cc1. The number of anilines is 1. The van der Waals surface area contributed by atoms with Crippen LogP contribution in [0.2, 0.25) is 0 Å². The van der Waals surface area contributed by atoms with Gasteiger partial charge in [-0.05, 0) is 56.7 Å². The van der Waals surface area contributed by atoms with E-state index in [9.17, 15) is 9.18 Å². The first-order chi connectivity index (χ1) is 15.1. The van der Waals surface area contributed by atoms with Gasteiger partial charge in [0.25, 0.3) is 0 Å². The first-order valence-electron chi connectivity index (χ1n) is 11.3. The average molecular weight is 423 g/mol. The van der Waals surface area contributed by atoms with Crippen molar-refractivity contribution in [2.75, 3.05) is 18.1 Å². The van der Waals surface area contributed by atoms with E-state index in [4.69, 9.17) is 4.74 Å². The molecule has 164 valence electrons. The molecule has 2 aromatic rings. The number of hydrogen-bond acceptors (Lipinski definition) is 3. The molecule has 4 nitrogen and oxygen atoms in total. The first-order valence-corrected chi connectivity index (χ1v) is 11.3. The maximum Gasteiger partial charge on any atom is 0.222 e. The highest BCUT2D eigenvalue weighted by molar-refractivity contribution is 5.77. The molecule has 5 heteroatoms. The Kier molecular flexibility index (Phi) is 6.90. The van der Waals surface area contributed by atoms with E-state index in [1.165, 1.54) is 36.1 Å². The van der Waals surface area contributed by atoms with Gasteiger partial charge in [-0.25, -0.2) is 4.39 Å². The quantitative estimate of drug-likeness (QED) is 0.616. The molecule has 0 fully saturated rings. The number of rotatable bonds is 7. The van der Waals surface area contributed by atoms with Gasteiger partial charge in [-0.1, -0.05) is 41.5 Å². The number of carbonyl (C=O) groups excluding carboxylic acids is 1. The molecule has 1 heterocycles. The highest BCUT2D eigenvalue weighted by Crippen LogP contribution is 2.36. The summed E-state index contributed by atoms with van der Waals surface area (Å²) in [5.74, 6) is 0.250. The number of aryl methyl sites for hydroxylation is 1. The standard InChI is InChI=1S/C26H31FN2O2/c1-19-7-9-21(10-8-19)17-29-23(18-31-25-15-22(27)11-12-24(25)29)16-26(30)28-14-13-20-5-3-2-4-6-20/h5,7-12,15,23H,2-4,6,13-14,16-18H2,1H3,(H,28,30)/t23-/m0/s1. The van der Waals surface area contributed by atoms with Crippen molar-refractivity contribution in [1.82, 2.24) is 5.32 Å². The molecule has 4 rings (SSSR count). The average Bonchev–Trinajstić information content (AvgIpc) is 2.77. The number of amides is 1. The van der Waals surface area contributed by atoms with Crippen molar-refractivity contribution in [3.8, 4) is 5.75 Å². The Morgan fingerprint density at radius 1 is 1.19 bits per heavy atom. The summed E-state index contributed by atoms with van der Waals surface area (Å²) < 4.78 is 19.6. The molecule has 0 saturated carbocycles. The number of nitrogens with zero attached hydrogens (tertiary/aromatic N) is 1. The Labute approximate surface area is 184 Å². The molecule has 0 radical (unpaired) electrons. The fourth-order valence-electron chi connectivity index (χ4n) is 4.37. The number of benzene rings is 2. The second-order valence-electron chi connectivity index (χ2n) is 8.60.